The van der Waals surface area contributed by atoms with Crippen LogP contribution in [0.25, 0.3) is 0 Å². The molecule has 84 valence electrons. The van der Waals surface area contributed by atoms with Crippen molar-refractivity contribution >= 4 is 15.9 Å². The molecule has 0 amide bonds. The van der Waals surface area contributed by atoms with Gasteiger partial charge in [-0.2, -0.15) is 0 Å². The zero-order chi connectivity index (χ0) is 11.4. The van der Waals surface area contributed by atoms with E-state index >= 15 is 0 Å². The normalized spacial score (nSPS) is 13.2. The lowest BCUT2D eigenvalue weighted by atomic mass is 9.98. The van der Waals surface area contributed by atoms with Crippen molar-refractivity contribution < 1.29 is 0 Å². The highest BCUT2D eigenvalue weighted by Crippen LogP contribution is 2.20. The van der Waals surface area contributed by atoms with E-state index in [1.807, 2.05) is 0 Å². The predicted octanol–water partition coefficient (Wildman–Crippen LogP) is 3.67. The summed E-state index contributed by atoms with van der Waals surface area (Å²) in [5.74, 6) is 0.671. The van der Waals surface area contributed by atoms with Crippen molar-refractivity contribution in [3.05, 3.63) is 33.8 Å². The van der Waals surface area contributed by atoms with E-state index in [0.717, 1.165) is 12.8 Å². The highest BCUT2D eigenvalue weighted by molar-refractivity contribution is 9.10. The van der Waals surface area contributed by atoms with E-state index in [9.17, 15) is 0 Å². The van der Waals surface area contributed by atoms with Crippen LogP contribution in [0.15, 0.2) is 22.7 Å². The summed E-state index contributed by atoms with van der Waals surface area (Å²) in [4.78, 5) is 0. The Balaban J connectivity index is 2.64. The van der Waals surface area contributed by atoms with Crippen molar-refractivity contribution in [3.63, 3.8) is 0 Å². The van der Waals surface area contributed by atoms with Crippen molar-refractivity contribution in [2.45, 2.75) is 39.7 Å². The Kier molecular flexibility index (Phi) is 4.81. The van der Waals surface area contributed by atoms with E-state index in [4.69, 9.17) is 5.73 Å². The van der Waals surface area contributed by atoms with Crippen LogP contribution in [0.2, 0.25) is 0 Å². The summed E-state index contributed by atoms with van der Waals surface area (Å²) in [6, 6.07) is 6.73. The molecule has 1 nitrogen and oxygen atoms in total. The fourth-order valence-electron chi connectivity index (χ4n) is 1.79. The summed E-state index contributed by atoms with van der Waals surface area (Å²) in [6.07, 6.45) is 2.04. The minimum Gasteiger partial charge on any atom is -0.327 e. The summed E-state index contributed by atoms with van der Waals surface area (Å²) < 4.78 is 1.18. The van der Waals surface area contributed by atoms with E-state index in [0.29, 0.717) is 5.92 Å². The van der Waals surface area contributed by atoms with Crippen LogP contribution >= 0.6 is 15.9 Å². The number of nitrogens with two attached hydrogens (primary N) is 1. The smallest absolute Gasteiger partial charge is 0.0210 e. The zero-order valence-electron chi connectivity index (χ0n) is 9.76. The third-order valence-corrected chi connectivity index (χ3v) is 3.20. The first-order valence-electron chi connectivity index (χ1n) is 5.49. The summed E-state index contributed by atoms with van der Waals surface area (Å²) >= 11 is 3.59. The number of halogens is 1. The average Bonchev–Trinajstić information content (AvgIpc) is 2.08. The second-order valence-corrected chi connectivity index (χ2v) is 5.54. The van der Waals surface area contributed by atoms with Crippen LogP contribution in [0.3, 0.4) is 0 Å². The fourth-order valence-corrected chi connectivity index (χ4v) is 2.44. The van der Waals surface area contributed by atoms with E-state index in [2.05, 4.69) is 54.9 Å². The SMILES string of the molecule is Cc1ccc(CC(N)CC(C)C)c(Br)c1. The molecular formula is C13H20BrN. The highest BCUT2D eigenvalue weighted by atomic mass is 79.9. The van der Waals surface area contributed by atoms with Crippen molar-refractivity contribution in [2.24, 2.45) is 11.7 Å². The number of aryl methyl sites for hydroxylation is 1. The predicted molar refractivity (Wildman–Crippen MR) is 70.0 cm³/mol. The first kappa shape index (κ1) is 12.7. The maximum absolute atomic E-state index is 6.09. The lowest BCUT2D eigenvalue weighted by Crippen LogP contribution is -2.24. The van der Waals surface area contributed by atoms with Gasteiger partial charge >= 0.3 is 0 Å². The van der Waals surface area contributed by atoms with E-state index in [-0.39, 0.29) is 6.04 Å². The van der Waals surface area contributed by atoms with Crippen molar-refractivity contribution in [1.82, 2.24) is 0 Å². The number of rotatable bonds is 4. The Morgan fingerprint density at radius 1 is 1.33 bits per heavy atom. The fraction of sp³-hybridized carbons (Fsp3) is 0.538. The average molecular weight is 270 g/mol. The molecule has 0 fully saturated rings. The zero-order valence-corrected chi connectivity index (χ0v) is 11.3. The third-order valence-electron chi connectivity index (χ3n) is 2.46. The maximum atomic E-state index is 6.09. The van der Waals surface area contributed by atoms with Gasteiger partial charge in [0.25, 0.3) is 0 Å². The van der Waals surface area contributed by atoms with Gasteiger partial charge in [0.1, 0.15) is 0 Å². The monoisotopic (exact) mass is 269 g/mol. The second-order valence-electron chi connectivity index (χ2n) is 4.69. The minimum absolute atomic E-state index is 0.268. The van der Waals surface area contributed by atoms with Gasteiger partial charge in [0.2, 0.25) is 0 Å². The van der Waals surface area contributed by atoms with Crippen molar-refractivity contribution in [2.75, 3.05) is 0 Å². The molecule has 0 aliphatic rings. The van der Waals surface area contributed by atoms with Gasteiger partial charge in [0.05, 0.1) is 0 Å². The van der Waals surface area contributed by atoms with Gasteiger partial charge in [-0.15, -0.1) is 0 Å². The number of hydrogen-bond donors (Lipinski definition) is 1. The van der Waals surface area contributed by atoms with Crippen LogP contribution in [0.5, 0.6) is 0 Å². The lowest BCUT2D eigenvalue weighted by Gasteiger charge is -2.15. The van der Waals surface area contributed by atoms with Gasteiger partial charge < -0.3 is 5.73 Å². The highest BCUT2D eigenvalue weighted by Gasteiger charge is 2.08. The van der Waals surface area contributed by atoms with E-state index in [1.54, 1.807) is 0 Å². The molecule has 0 bridgehead atoms. The van der Waals surface area contributed by atoms with Gasteiger partial charge in [-0.05, 0) is 42.9 Å². The van der Waals surface area contributed by atoms with Crippen molar-refractivity contribution in [3.8, 4) is 0 Å². The van der Waals surface area contributed by atoms with E-state index in [1.165, 1.54) is 15.6 Å². The molecule has 1 aromatic carbocycles. The molecule has 0 aliphatic heterocycles. The Hall–Kier alpha value is -0.340. The molecule has 0 spiro atoms. The van der Waals surface area contributed by atoms with Crippen molar-refractivity contribution in [1.29, 1.82) is 0 Å². The Morgan fingerprint density at radius 2 is 2.00 bits per heavy atom. The molecule has 1 unspecified atom stereocenters. The minimum atomic E-state index is 0.268. The van der Waals surface area contributed by atoms with Gasteiger partial charge in [-0.3, -0.25) is 0 Å². The van der Waals surface area contributed by atoms with Crippen LogP contribution in [0.4, 0.5) is 0 Å². The van der Waals surface area contributed by atoms with Crippen LogP contribution in [0.1, 0.15) is 31.4 Å². The Labute approximate surface area is 101 Å². The largest absolute Gasteiger partial charge is 0.327 e. The molecule has 0 heterocycles. The molecule has 2 N–H and O–H groups in total. The molecule has 0 saturated heterocycles. The molecule has 0 aromatic heterocycles. The lowest BCUT2D eigenvalue weighted by molar-refractivity contribution is 0.493. The molecule has 15 heavy (non-hydrogen) atoms. The molecule has 0 aliphatic carbocycles. The van der Waals surface area contributed by atoms with E-state index < -0.39 is 0 Å². The van der Waals surface area contributed by atoms with Crippen LogP contribution < -0.4 is 5.73 Å². The van der Waals surface area contributed by atoms with Gasteiger partial charge in [-0.25, -0.2) is 0 Å². The first-order chi connectivity index (χ1) is 6.99. The molecule has 1 rings (SSSR count). The van der Waals surface area contributed by atoms with Crippen LogP contribution in [0, 0.1) is 12.8 Å². The molecule has 2 heteroatoms. The van der Waals surface area contributed by atoms with Gasteiger partial charge in [-0.1, -0.05) is 41.9 Å². The maximum Gasteiger partial charge on any atom is 0.0210 e. The summed E-state index contributed by atoms with van der Waals surface area (Å²) in [7, 11) is 0. The summed E-state index contributed by atoms with van der Waals surface area (Å²) in [6.45, 7) is 6.52. The molecule has 1 atom stereocenters. The molecule has 0 radical (unpaired) electrons. The number of hydrogen-bond acceptors (Lipinski definition) is 1. The first-order valence-corrected chi connectivity index (χ1v) is 6.29. The van der Waals surface area contributed by atoms with Crippen LogP contribution in [-0.2, 0) is 6.42 Å². The molecule has 1 aromatic rings. The van der Waals surface area contributed by atoms with Crippen LogP contribution in [-0.4, -0.2) is 6.04 Å². The van der Waals surface area contributed by atoms with Gasteiger partial charge in [0, 0.05) is 10.5 Å². The Morgan fingerprint density at radius 3 is 2.53 bits per heavy atom. The summed E-state index contributed by atoms with van der Waals surface area (Å²) in [5, 5.41) is 0. The topological polar surface area (TPSA) is 26.0 Å². The molecular weight excluding hydrogens is 250 g/mol. The number of benzene rings is 1. The second kappa shape index (κ2) is 5.66. The molecule has 0 saturated carbocycles. The standard InChI is InChI=1S/C13H20BrN/c1-9(2)6-12(15)8-11-5-4-10(3)7-13(11)14/h4-5,7,9,12H,6,8,15H2,1-3H3. The summed E-state index contributed by atoms with van der Waals surface area (Å²) in [5.41, 5.74) is 8.69. The third kappa shape index (κ3) is 4.35. The quantitative estimate of drug-likeness (QED) is 0.887. The van der Waals surface area contributed by atoms with Gasteiger partial charge in [0.15, 0.2) is 0 Å². The Bertz CT molecular complexity index is 320.